The van der Waals surface area contributed by atoms with Crippen LogP contribution in [0.25, 0.3) is 10.4 Å². The van der Waals surface area contributed by atoms with E-state index in [1.165, 1.54) is 0 Å². The molecule has 0 bridgehead atoms. The lowest BCUT2D eigenvalue weighted by atomic mass is 9.99. The second-order valence-corrected chi connectivity index (χ2v) is 8.65. The zero-order valence-electron chi connectivity index (χ0n) is 17.4. The SMILES string of the molecule is COc1ccc(-c2cccs2)cc1CC(=O)c1ccc(C(=O)N2CCC(O)CC2)cc1. The van der Waals surface area contributed by atoms with Crippen LogP contribution in [0.3, 0.4) is 0 Å². The molecule has 4 rings (SSSR count). The number of amides is 1. The number of Topliss-reactive ketones (excluding diaryl/α,β-unsaturated/α-hetero) is 1. The Morgan fingerprint density at radius 3 is 2.42 bits per heavy atom. The smallest absolute Gasteiger partial charge is 0.253 e. The Balaban J connectivity index is 1.48. The molecule has 2 heterocycles. The predicted molar refractivity (Wildman–Crippen MR) is 122 cm³/mol. The first-order chi connectivity index (χ1) is 15.0. The first-order valence-electron chi connectivity index (χ1n) is 10.4. The van der Waals surface area contributed by atoms with E-state index in [1.54, 1.807) is 47.6 Å². The average molecular weight is 436 g/mol. The van der Waals surface area contributed by atoms with Gasteiger partial charge < -0.3 is 14.7 Å². The van der Waals surface area contributed by atoms with Gasteiger partial charge in [-0.2, -0.15) is 0 Å². The first-order valence-corrected chi connectivity index (χ1v) is 11.2. The molecule has 160 valence electrons. The normalized spacial score (nSPS) is 14.5. The van der Waals surface area contributed by atoms with Gasteiger partial charge >= 0.3 is 0 Å². The summed E-state index contributed by atoms with van der Waals surface area (Å²) in [5.41, 5.74) is 3.02. The standard InChI is InChI=1S/C25H25NO4S/c1-30-23-9-8-19(24-3-2-14-31-24)15-20(23)16-22(28)17-4-6-18(7-5-17)25(29)26-12-10-21(27)11-13-26/h2-9,14-15,21,27H,10-13,16H2,1H3. The van der Waals surface area contributed by atoms with E-state index < -0.39 is 0 Å². The summed E-state index contributed by atoms with van der Waals surface area (Å²) < 4.78 is 5.46. The van der Waals surface area contributed by atoms with Crippen LogP contribution in [0, 0.1) is 0 Å². The van der Waals surface area contributed by atoms with Crippen LogP contribution in [-0.2, 0) is 6.42 Å². The average Bonchev–Trinajstić information content (AvgIpc) is 3.34. The number of likely N-dealkylation sites (tertiary alicyclic amines) is 1. The van der Waals surface area contributed by atoms with E-state index in [1.807, 2.05) is 29.6 Å². The van der Waals surface area contributed by atoms with Crippen molar-refractivity contribution in [3.8, 4) is 16.2 Å². The van der Waals surface area contributed by atoms with E-state index in [0.29, 0.717) is 42.8 Å². The number of nitrogens with zero attached hydrogens (tertiary/aromatic N) is 1. The molecule has 31 heavy (non-hydrogen) atoms. The molecule has 0 atom stereocenters. The van der Waals surface area contributed by atoms with Gasteiger partial charge in [-0.25, -0.2) is 0 Å². The summed E-state index contributed by atoms with van der Waals surface area (Å²) in [6.07, 6.45) is 1.11. The van der Waals surface area contributed by atoms with Gasteiger partial charge in [0.05, 0.1) is 13.2 Å². The van der Waals surface area contributed by atoms with Crippen LogP contribution in [0.4, 0.5) is 0 Å². The topological polar surface area (TPSA) is 66.8 Å². The van der Waals surface area contributed by atoms with Crippen molar-refractivity contribution >= 4 is 23.0 Å². The first kappa shape index (κ1) is 21.3. The Morgan fingerprint density at radius 1 is 1.06 bits per heavy atom. The molecule has 1 N–H and O–H groups in total. The number of ketones is 1. The highest BCUT2D eigenvalue weighted by Crippen LogP contribution is 2.30. The van der Waals surface area contributed by atoms with E-state index in [2.05, 4.69) is 6.07 Å². The van der Waals surface area contributed by atoms with Crippen LogP contribution < -0.4 is 4.74 Å². The van der Waals surface area contributed by atoms with Gasteiger partial charge in [-0.1, -0.05) is 18.2 Å². The Bertz CT molecular complexity index is 1050. The second kappa shape index (κ2) is 9.45. The minimum Gasteiger partial charge on any atom is -0.496 e. The number of aliphatic hydroxyl groups is 1. The predicted octanol–water partition coefficient (Wildman–Crippen LogP) is 4.45. The van der Waals surface area contributed by atoms with Crippen LogP contribution in [0.1, 0.15) is 39.1 Å². The maximum atomic E-state index is 12.9. The van der Waals surface area contributed by atoms with Crippen molar-refractivity contribution in [3.05, 3.63) is 76.7 Å². The van der Waals surface area contributed by atoms with E-state index in [0.717, 1.165) is 16.0 Å². The van der Waals surface area contributed by atoms with Gasteiger partial charge in [0.15, 0.2) is 5.78 Å². The van der Waals surface area contributed by atoms with Gasteiger partial charge in [-0.05, 0) is 60.2 Å². The fraction of sp³-hybridized carbons (Fsp3) is 0.280. The maximum Gasteiger partial charge on any atom is 0.253 e. The molecular weight excluding hydrogens is 410 g/mol. The molecule has 0 saturated carbocycles. The molecule has 1 aliphatic heterocycles. The van der Waals surface area contributed by atoms with E-state index in [4.69, 9.17) is 4.74 Å². The molecule has 1 aromatic heterocycles. The van der Waals surface area contributed by atoms with Crippen LogP contribution in [0.15, 0.2) is 60.0 Å². The molecule has 6 heteroatoms. The highest BCUT2D eigenvalue weighted by atomic mass is 32.1. The van der Waals surface area contributed by atoms with Gasteiger partial charge in [-0.3, -0.25) is 9.59 Å². The number of aliphatic hydroxyl groups excluding tert-OH is 1. The lowest BCUT2D eigenvalue weighted by Crippen LogP contribution is -2.40. The maximum absolute atomic E-state index is 12.9. The Hall–Kier alpha value is -2.96. The minimum absolute atomic E-state index is 0.0262. The third-order valence-corrected chi connectivity index (χ3v) is 6.56. The summed E-state index contributed by atoms with van der Waals surface area (Å²) >= 11 is 1.65. The highest BCUT2D eigenvalue weighted by molar-refractivity contribution is 7.13. The third-order valence-electron chi connectivity index (χ3n) is 5.64. The van der Waals surface area contributed by atoms with Crippen molar-refractivity contribution in [3.63, 3.8) is 0 Å². The molecule has 0 aliphatic carbocycles. The van der Waals surface area contributed by atoms with Crippen molar-refractivity contribution in [2.24, 2.45) is 0 Å². The van der Waals surface area contributed by atoms with Crippen LogP contribution in [0.2, 0.25) is 0 Å². The largest absolute Gasteiger partial charge is 0.496 e. The molecule has 5 nitrogen and oxygen atoms in total. The molecule has 0 unspecified atom stereocenters. The van der Waals surface area contributed by atoms with Gasteiger partial charge in [0.25, 0.3) is 5.91 Å². The lowest BCUT2D eigenvalue weighted by molar-refractivity contribution is 0.0546. The van der Waals surface area contributed by atoms with Crippen LogP contribution in [0.5, 0.6) is 5.75 Å². The molecular formula is C25H25NO4S. The van der Waals surface area contributed by atoms with Crippen molar-refractivity contribution in [1.29, 1.82) is 0 Å². The zero-order valence-corrected chi connectivity index (χ0v) is 18.2. The Kier molecular flexibility index (Phi) is 6.49. The molecule has 3 aromatic rings. The summed E-state index contributed by atoms with van der Waals surface area (Å²) in [7, 11) is 1.61. The van der Waals surface area contributed by atoms with Crippen molar-refractivity contribution < 1.29 is 19.4 Å². The molecule has 0 radical (unpaired) electrons. The zero-order chi connectivity index (χ0) is 21.8. The third kappa shape index (κ3) is 4.86. The van der Waals surface area contributed by atoms with Gasteiger partial charge in [0.1, 0.15) is 5.75 Å². The van der Waals surface area contributed by atoms with Gasteiger partial charge in [0, 0.05) is 41.1 Å². The molecule has 0 spiro atoms. The van der Waals surface area contributed by atoms with E-state index >= 15 is 0 Å². The number of benzene rings is 2. The molecule has 1 amide bonds. The number of methoxy groups -OCH3 is 1. The summed E-state index contributed by atoms with van der Waals surface area (Å²) in [6, 6.07) is 16.8. The van der Waals surface area contributed by atoms with Crippen molar-refractivity contribution in [2.75, 3.05) is 20.2 Å². The molecule has 2 aromatic carbocycles. The number of carbonyl (C=O) groups is 2. The summed E-state index contributed by atoms with van der Waals surface area (Å²) in [6.45, 7) is 1.11. The van der Waals surface area contributed by atoms with Gasteiger partial charge in [-0.15, -0.1) is 11.3 Å². The Morgan fingerprint density at radius 2 is 1.77 bits per heavy atom. The monoisotopic (exact) mass is 435 g/mol. The van der Waals surface area contributed by atoms with Crippen LogP contribution >= 0.6 is 11.3 Å². The summed E-state index contributed by atoms with van der Waals surface area (Å²) in [5.74, 6) is 0.602. The fourth-order valence-corrected chi connectivity index (χ4v) is 4.56. The quantitative estimate of drug-likeness (QED) is 0.581. The number of carbonyl (C=O) groups excluding carboxylic acids is 2. The number of piperidine rings is 1. The lowest BCUT2D eigenvalue weighted by Gasteiger charge is -2.29. The number of hydrogen-bond acceptors (Lipinski definition) is 5. The van der Waals surface area contributed by atoms with E-state index in [9.17, 15) is 14.7 Å². The number of hydrogen-bond donors (Lipinski definition) is 1. The van der Waals surface area contributed by atoms with Gasteiger partial charge in [0.2, 0.25) is 0 Å². The molecule has 1 aliphatic rings. The second-order valence-electron chi connectivity index (χ2n) is 7.70. The minimum atomic E-state index is -0.320. The fourth-order valence-electron chi connectivity index (χ4n) is 3.84. The number of thiophene rings is 1. The molecule has 1 saturated heterocycles. The van der Waals surface area contributed by atoms with E-state index in [-0.39, 0.29) is 24.2 Å². The van der Waals surface area contributed by atoms with Crippen molar-refractivity contribution in [2.45, 2.75) is 25.4 Å². The Labute approximate surface area is 185 Å². The summed E-state index contributed by atoms with van der Waals surface area (Å²) in [5, 5.41) is 11.6. The summed E-state index contributed by atoms with van der Waals surface area (Å²) in [4.78, 5) is 28.5. The highest BCUT2D eigenvalue weighted by Gasteiger charge is 2.22. The molecule has 1 fully saturated rings. The van der Waals surface area contributed by atoms with Crippen LogP contribution in [-0.4, -0.2) is 48.0 Å². The van der Waals surface area contributed by atoms with Crippen molar-refractivity contribution in [1.82, 2.24) is 4.90 Å². The number of rotatable bonds is 6. The number of ether oxygens (including phenoxy) is 1.